The molecule has 0 aliphatic heterocycles. The highest BCUT2D eigenvalue weighted by Crippen LogP contribution is 2.17. The number of ether oxygens (including phenoxy) is 2. The highest BCUT2D eigenvalue weighted by atomic mass is 16.5. The second kappa shape index (κ2) is 9.20. The van der Waals surface area contributed by atoms with Gasteiger partial charge in [-0.15, -0.1) is 0 Å². The van der Waals surface area contributed by atoms with Crippen LogP contribution in [0.3, 0.4) is 0 Å². The molecule has 0 saturated carbocycles. The molecule has 5 nitrogen and oxygen atoms in total. The Balaban J connectivity index is 2.20. The molecule has 0 aromatic heterocycles. The van der Waals surface area contributed by atoms with Gasteiger partial charge in [0.05, 0.1) is 6.61 Å². The molecule has 1 aromatic carbocycles. The van der Waals surface area contributed by atoms with Crippen LogP contribution in [-0.4, -0.2) is 51.2 Å². The van der Waals surface area contributed by atoms with Crippen LogP contribution >= 0.6 is 0 Å². The molecule has 0 radical (unpaired) electrons. The number of carbonyl (C=O) groups excluding carboxylic acids is 1. The molecule has 0 atom stereocenters. The van der Waals surface area contributed by atoms with E-state index < -0.39 is 0 Å². The Morgan fingerprint density at radius 1 is 1.15 bits per heavy atom. The van der Waals surface area contributed by atoms with E-state index in [4.69, 9.17) is 9.47 Å². The molecule has 0 saturated heterocycles. The van der Waals surface area contributed by atoms with Crippen LogP contribution in [0.1, 0.15) is 13.3 Å². The van der Waals surface area contributed by atoms with Crippen molar-refractivity contribution < 1.29 is 14.3 Å². The van der Waals surface area contributed by atoms with Crippen LogP contribution in [0.5, 0.6) is 11.5 Å². The molecule has 1 aromatic rings. The summed E-state index contributed by atoms with van der Waals surface area (Å²) in [5, 5.41) is 2.82. The lowest BCUT2D eigenvalue weighted by Gasteiger charge is -2.10. The zero-order valence-electron chi connectivity index (χ0n) is 12.5. The molecule has 1 rings (SSSR count). The second-order valence-corrected chi connectivity index (χ2v) is 4.70. The van der Waals surface area contributed by atoms with E-state index >= 15 is 0 Å². The fourth-order valence-corrected chi connectivity index (χ4v) is 1.62. The maximum Gasteiger partial charge on any atom is 0.257 e. The third-order valence-corrected chi connectivity index (χ3v) is 2.61. The lowest BCUT2D eigenvalue weighted by molar-refractivity contribution is -0.123. The fourth-order valence-electron chi connectivity index (χ4n) is 1.62. The third-order valence-electron chi connectivity index (χ3n) is 2.61. The number of nitrogens with zero attached hydrogens (tertiary/aromatic N) is 1. The molecule has 0 spiro atoms. The van der Waals surface area contributed by atoms with Gasteiger partial charge in [0.2, 0.25) is 0 Å². The zero-order valence-corrected chi connectivity index (χ0v) is 12.5. The van der Waals surface area contributed by atoms with Crippen molar-refractivity contribution in [3.63, 3.8) is 0 Å². The summed E-state index contributed by atoms with van der Waals surface area (Å²) in [7, 11) is 4.02. The summed E-state index contributed by atoms with van der Waals surface area (Å²) in [6.45, 7) is 4.24. The molecule has 0 fully saturated rings. The number of hydrogen-bond acceptors (Lipinski definition) is 4. The van der Waals surface area contributed by atoms with Gasteiger partial charge in [-0.25, -0.2) is 0 Å². The van der Waals surface area contributed by atoms with Crippen LogP contribution < -0.4 is 14.8 Å². The Labute approximate surface area is 120 Å². The molecule has 5 heteroatoms. The Hall–Kier alpha value is -1.75. The van der Waals surface area contributed by atoms with E-state index in [9.17, 15) is 4.79 Å². The van der Waals surface area contributed by atoms with Crippen molar-refractivity contribution in [1.82, 2.24) is 10.2 Å². The second-order valence-electron chi connectivity index (χ2n) is 4.70. The standard InChI is InChI=1S/C15H24N2O3/c1-4-19-13-6-8-14(9-7-13)20-12-15(18)16-10-5-11-17(2)3/h6-9H,4-5,10-12H2,1-3H3,(H,16,18). The summed E-state index contributed by atoms with van der Waals surface area (Å²) in [5.41, 5.74) is 0. The topological polar surface area (TPSA) is 50.8 Å². The van der Waals surface area contributed by atoms with Crippen LogP contribution in [0.2, 0.25) is 0 Å². The van der Waals surface area contributed by atoms with Crippen molar-refractivity contribution >= 4 is 5.91 Å². The summed E-state index contributed by atoms with van der Waals surface area (Å²) in [6.07, 6.45) is 0.932. The Morgan fingerprint density at radius 3 is 2.30 bits per heavy atom. The average Bonchev–Trinajstić information content (AvgIpc) is 2.43. The van der Waals surface area contributed by atoms with Gasteiger partial charge in [-0.05, 0) is 58.3 Å². The molecule has 112 valence electrons. The van der Waals surface area contributed by atoms with E-state index in [1.54, 1.807) is 12.1 Å². The van der Waals surface area contributed by atoms with Crippen molar-refractivity contribution in [1.29, 1.82) is 0 Å². The smallest absolute Gasteiger partial charge is 0.257 e. The number of hydrogen-bond donors (Lipinski definition) is 1. The highest BCUT2D eigenvalue weighted by molar-refractivity contribution is 5.77. The molecule has 20 heavy (non-hydrogen) atoms. The number of amides is 1. The summed E-state index contributed by atoms with van der Waals surface area (Å²) in [4.78, 5) is 13.6. The van der Waals surface area contributed by atoms with Gasteiger partial charge < -0.3 is 19.7 Å². The maximum atomic E-state index is 11.6. The van der Waals surface area contributed by atoms with Crippen molar-refractivity contribution in [2.75, 3.05) is 40.4 Å². The SMILES string of the molecule is CCOc1ccc(OCC(=O)NCCCN(C)C)cc1. The van der Waals surface area contributed by atoms with Crippen molar-refractivity contribution in [2.24, 2.45) is 0 Å². The van der Waals surface area contributed by atoms with Crippen LogP contribution in [0, 0.1) is 0 Å². The molecule has 0 unspecified atom stereocenters. The third kappa shape index (κ3) is 6.99. The van der Waals surface area contributed by atoms with Crippen LogP contribution in [0.25, 0.3) is 0 Å². The van der Waals surface area contributed by atoms with E-state index in [1.807, 2.05) is 33.2 Å². The molecule has 1 N–H and O–H groups in total. The Kier molecular flexibility index (Phi) is 7.50. The van der Waals surface area contributed by atoms with Crippen molar-refractivity contribution in [3.05, 3.63) is 24.3 Å². The van der Waals surface area contributed by atoms with Crippen LogP contribution in [0.15, 0.2) is 24.3 Å². The molecule has 1 amide bonds. The summed E-state index contributed by atoms with van der Waals surface area (Å²) in [6, 6.07) is 7.25. The van der Waals surface area contributed by atoms with Gasteiger partial charge in [-0.1, -0.05) is 0 Å². The number of benzene rings is 1. The Morgan fingerprint density at radius 2 is 1.75 bits per heavy atom. The predicted molar refractivity (Wildman–Crippen MR) is 79.3 cm³/mol. The molecular formula is C15H24N2O3. The lowest BCUT2D eigenvalue weighted by atomic mass is 10.3. The van der Waals surface area contributed by atoms with E-state index in [0.29, 0.717) is 18.9 Å². The van der Waals surface area contributed by atoms with Crippen LogP contribution in [-0.2, 0) is 4.79 Å². The fraction of sp³-hybridized carbons (Fsp3) is 0.533. The minimum absolute atomic E-state index is 0.0376. The van der Waals surface area contributed by atoms with Crippen molar-refractivity contribution in [3.8, 4) is 11.5 Å². The first-order valence-electron chi connectivity index (χ1n) is 6.89. The number of rotatable bonds is 9. The molecule has 0 heterocycles. The number of nitrogens with one attached hydrogen (secondary N) is 1. The van der Waals surface area contributed by atoms with Gasteiger partial charge >= 0.3 is 0 Å². The largest absolute Gasteiger partial charge is 0.494 e. The zero-order chi connectivity index (χ0) is 14.8. The average molecular weight is 280 g/mol. The first-order chi connectivity index (χ1) is 9.61. The van der Waals surface area contributed by atoms with Gasteiger partial charge in [0.15, 0.2) is 6.61 Å². The maximum absolute atomic E-state index is 11.6. The molecular weight excluding hydrogens is 256 g/mol. The molecule has 0 aliphatic carbocycles. The quantitative estimate of drug-likeness (QED) is 0.697. The summed E-state index contributed by atoms with van der Waals surface area (Å²) < 4.78 is 10.7. The first-order valence-corrected chi connectivity index (χ1v) is 6.89. The Bertz CT molecular complexity index is 391. The van der Waals surface area contributed by atoms with E-state index in [1.165, 1.54) is 0 Å². The highest BCUT2D eigenvalue weighted by Gasteiger charge is 2.02. The van der Waals surface area contributed by atoms with Gasteiger partial charge in [-0.3, -0.25) is 4.79 Å². The molecule has 0 aliphatic rings. The monoisotopic (exact) mass is 280 g/mol. The van der Waals surface area contributed by atoms with Crippen molar-refractivity contribution in [2.45, 2.75) is 13.3 Å². The minimum Gasteiger partial charge on any atom is -0.494 e. The summed E-state index contributed by atoms with van der Waals surface area (Å²) in [5.74, 6) is 1.36. The molecule has 0 bridgehead atoms. The predicted octanol–water partition coefficient (Wildman–Crippen LogP) is 1.53. The first kappa shape index (κ1) is 16.3. The lowest BCUT2D eigenvalue weighted by Crippen LogP contribution is -2.31. The summed E-state index contributed by atoms with van der Waals surface area (Å²) >= 11 is 0. The van der Waals surface area contributed by atoms with Gasteiger partial charge in [0, 0.05) is 6.54 Å². The van der Waals surface area contributed by atoms with E-state index in [2.05, 4.69) is 10.2 Å². The normalized spacial score (nSPS) is 10.4. The van der Waals surface area contributed by atoms with Gasteiger partial charge in [0.1, 0.15) is 11.5 Å². The minimum atomic E-state index is -0.0994. The van der Waals surface area contributed by atoms with Crippen LogP contribution in [0.4, 0.5) is 0 Å². The van der Waals surface area contributed by atoms with E-state index in [-0.39, 0.29) is 12.5 Å². The number of carbonyl (C=O) groups is 1. The van der Waals surface area contributed by atoms with E-state index in [0.717, 1.165) is 18.7 Å². The van der Waals surface area contributed by atoms with Gasteiger partial charge in [0.25, 0.3) is 5.91 Å². The van der Waals surface area contributed by atoms with Gasteiger partial charge in [-0.2, -0.15) is 0 Å².